The number of rotatable bonds is 6. The van der Waals surface area contributed by atoms with Gasteiger partial charge in [0.2, 0.25) is 5.95 Å². The summed E-state index contributed by atoms with van der Waals surface area (Å²) in [6.45, 7) is 1.08. The van der Waals surface area contributed by atoms with E-state index < -0.39 is 0 Å². The van der Waals surface area contributed by atoms with E-state index in [0.717, 1.165) is 17.1 Å². The predicted octanol–water partition coefficient (Wildman–Crippen LogP) is 2.34. The molecule has 0 aliphatic carbocycles. The van der Waals surface area contributed by atoms with E-state index in [0.29, 0.717) is 24.8 Å². The van der Waals surface area contributed by atoms with Gasteiger partial charge in [-0.2, -0.15) is 4.98 Å². The van der Waals surface area contributed by atoms with Crippen LogP contribution in [0.25, 0.3) is 22.9 Å². The number of hydrogen-bond acceptors (Lipinski definition) is 6. The van der Waals surface area contributed by atoms with Crippen molar-refractivity contribution in [1.29, 1.82) is 0 Å². The highest BCUT2D eigenvalue weighted by Crippen LogP contribution is 2.28. The maximum absolute atomic E-state index is 5.76. The lowest BCUT2D eigenvalue weighted by atomic mass is 10.2. The molecule has 0 atom stereocenters. The first-order valence-corrected chi connectivity index (χ1v) is 6.76. The van der Waals surface area contributed by atoms with Gasteiger partial charge in [0.1, 0.15) is 18.1 Å². The molecule has 2 aromatic heterocycles. The average Bonchev–Trinajstić information content (AvgIpc) is 3.17. The molecule has 0 fully saturated rings. The molecule has 0 aliphatic heterocycles. The van der Waals surface area contributed by atoms with Crippen molar-refractivity contribution in [2.45, 2.75) is 0 Å². The number of nitrogens with one attached hydrogen (secondary N) is 1. The summed E-state index contributed by atoms with van der Waals surface area (Å²) in [4.78, 5) is 4.03. The number of furan rings is 1. The zero-order valence-corrected chi connectivity index (χ0v) is 12.1. The first-order valence-electron chi connectivity index (χ1n) is 6.76. The normalized spacial score (nSPS) is 10.8. The van der Waals surface area contributed by atoms with Crippen molar-refractivity contribution in [1.82, 2.24) is 15.2 Å². The molecule has 3 N–H and O–H groups in total. The minimum Gasteiger partial charge on any atom is -0.491 e. The number of anilines is 1. The van der Waals surface area contributed by atoms with Crippen LogP contribution in [0.5, 0.6) is 5.75 Å². The number of hydrogen-bond donors (Lipinski definition) is 2. The van der Waals surface area contributed by atoms with Gasteiger partial charge >= 0.3 is 0 Å². The zero-order valence-electron chi connectivity index (χ0n) is 12.1. The number of aromatic nitrogens is 3. The van der Waals surface area contributed by atoms with E-state index in [2.05, 4.69) is 15.2 Å². The monoisotopic (exact) mass is 300 g/mol. The predicted molar refractivity (Wildman–Crippen MR) is 81.3 cm³/mol. The standard InChI is InChI=1S/C15H16N4O3/c1-20-8-9-21-11-4-2-10(3-5-11)12-6-7-13(22-12)14-17-15(16)19-18-14/h2-7H,8-9H2,1H3,(H3,16,17,18,19). The van der Waals surface area contributed by atoms with E-state index in [1.165, 1.54) is 0 Å². The summed E-state index contributed by atoms with van der Waals surface area (Å²) in [5, 5.41) is 6.49. The third-order valence-corrected chi connectivity index (χ3v) is 3.04. The number of ether oxygens (including phenoxy) is 2. The Morgan fingerprint density at radius 1 is 1.09 bits per heavy atom. The van der Waals surface area contributed by atoms with Crippen molar-refractivity contribution in [3.05, 3.63) is 36.4 Å². The molecule has 114 valence electrons. The van der Waals surface area contributed by atoms with Crippen molar-refractivity contribution in [2.75, 3.05) is 26.1 Å². The van der Waals surface area contributed by atoms with Gasteiger partial charge in [0, 0.05) is 12.7 Å². The first kappa shape index (κ1) is 14.2. The van der Waals surface area contributed by atoms with Gasteiger partial charge in [0.25, 0.3) is 0 Å². The minimum absolute atomic E-state index is 0.186. The molecule has 0 radical (unpaired) electrons. The van der Waals surface area contributed by atoms with E-state index in [9.17, 15) is 0 Å². The van der Waals surface area contributed by atoms with Gasteiger partial charge in [-0.1, -0.05) is 0 Å². The Labute approximate surface area is 127 Å². The molecule has 0 unspecified atom stereocenters. The van der Waals surface area contributed by atoms with Gasteiger partial charge in [-0.25, -0.2) is 0 Å². The van der Waals surface area contributed by atoms with Crippen LogP contribution in [0.1, 0.15) is 0 Å². The molecular formula is C15H16N4O3. The molecule has 0 saturated heterocycles. The topological polar surface area (TPSA) is 99.2 Å². The van der Waals surface area contributed by atoms with Gasteiger partial charge in [-0.3, -0.25) is 5.10 Å². The van der Waals surface area contributed by atoms with Crippen molar-refractivity contribution < 1.29 is 13.9 Å². The molecule has 2 heterocycles. The van der Waals surface area contributed by atoms with Crippen LogP contribution in [0.4, 0.5) is 5.95 Å². The van der Waals surface area contributed by atoms with Crippen LogP contribution in [0, 0.1) is 0 Å². The fourth-order valence-corrected chi connectivity index (χ4v) is 1.96. The number of benzene rings is 1. The second kappa shape index (κ2) is 6.31. The lowest BCUT2D eigenvalue weighted by Crippen LogP contribution is -2.03. The largest absolute Gasteiger partial charge is 0.491 e. The number of methoxy groups -OCH3 is 1. The van der Waals surface area contributed by atoms with Gasteiger partial charge < -0.3 is 19.6 Å². The van der Waals surface area contributed by atoms with E-state index in [1.807, 2.05) is 36.4 Å². The van der Waals surface area contributed by atoms with Gasteiger partial charge in [-0.05, 0) is 36.4 Å². The average molecular weight is 300 g/mol. The second-order valence-corrected chi connectivity index (χ2v) is 4.57. The fraction of sp³-hybridized carbons (Fsp3) is 0.200. The molecule has 0 aliphatic rings. The molecule has 3 aromatic rings. The maximum atomic E-state index is 5.76. The van der Waals surface area contributed by atoms with Crippen LogP contribution in [0.2, 0.25) is 0 Å². The summed E-state index contributed by atoms with van der Waals surface area (Å²) in [7, 11) is 1.64. The van der Waals surface area contributed by atoms with E-state index in [1.54, 1.807) is 7.11 Å². The molecule has 7 nitrogen and oxygen atoms in total. The molecular weight excluding hydrogens is 284 g/mol. The molecule has 22 heavy (non-hydrogen) atoms. The molecule has 0 spiro atoms. The molecule has 0 bridgehead atoms. The van der Waals surface area contributed by atoms with Gasteiger partial charge in [-0.15, -0.1) is 5.10 Å². The quantitative estimate of drug-likeness (QED) is 0.678. The SMILES string of the molecule is COCCOc1ccc(-c2ccc(-c3nc(N)n[nH]3)o2)cc1. The lowest BCUT2D eigenvalue weighted by molar-refractivity contribution is 0.146. The van der Waals surface area contributed by atoms with Crippen LogP contribution < -0.4 is 10.5 Å². The Kier molecular flexibility index (Phi) is 4.06. The van der Waals surface area contributed by atoms with Gasteiger partial charge in [0.15, 0.2) is 11.6 Å². The third kappa shape index (κ3) is 3.09. The molecule has 0 saturated carbocycles. The first-order chi connectivity index (χ1) is 10.8. The Morgan fingerprint density at radius 3 is 2.55 bits per heavy atom. The van der Waals surface area contributed by atoms with Gasteiger partial charge in [0.05, 0.1) is 6.61 Å². The number of H-pyrrole nitrogens is 1. The Bertz CT molecular complexity index is 733. The molecule has 1 aromatic carbocycles. The molecule has 7 heteroatoms. The van der Waals surface area contributed by atoms with Crippen molar-refractivity contribution >= 4 is 5.95 Å². The summed E-state index contributed by atoms with van der Waals surface area (Å²) in [6.07, 6.45) is 0. The van der Waals surface area contributed by atoms with Crippen LogP contribution in [0.3, 0.4) is 0 Å². The summed E-state index contributed by atoms with van der Waals surface area (Å²) < 4.78 is 16.2. The second-order valence-electron chi connectivity index (χ2n) is 4.57. The Morgan fingerprint density at radius 2 is 1.86 bits per heavy atom. The molecule has 0 amide bonds. The third-order valence-electron chi connectivity index (χ3n) is 3.04. The summed E-state index contributed by atoms with van der Waals surface area (Å²) in [6, 6.07) is 11.3. The number of nitrogens with zero attached hydrogens (tertiary/aromatic N) is 2. The van der Waals surface area contributed by atoms with Crippen LogP contribution in [0.15, 0.2) is 40.8 Å². The minimum atomic E-state index is 0.186. The number of nitrogen functional groups attached to an aromatic ring is 1. The highest BCUT2D eigenvalue weighted by atomic mass is 16.5. The molecule has 3 rings (SSSR count). The van der Waals surface area contributed by atoms with Crippen molar-refractivity contribution in [3.63, 3.8) is 0 Å². The van der Waals surface area contributed by atoms with Crippen LogP contribution in [-0.4, -0.2) is 35.5 Å². The van der Waals surface area contributed by atoms with Crippen LogP contribution >= 0.6 is 0 Å². The number of nitrogens with two attached hydrogens (primary N) is 1. The van der Waals surface area contributed by atoms with Crippen LogP contribution in [-0.2, 0) is 4.74 Å². The smallest absolute Gasteiger partial charge is 0.239 e. The highest BCUT2D eigenvalue weighted by Gasteiger charge is 2.10. The lowest BCUT2D eigenvalue weighted by Gasteiger charge is -2.05. The van der Waals surface area contributed by atoms with E-state index >= 15 is 0 Å². The Hall–Kier alpha value is -2.80. The fourth-order valence-electron chi connectivity index (χ4n) is 1.96. The summed E-state index contributed by atoms with van der Waals surface area (Å²) >= 11 is 0. The highest BCUT2D eigenvalue weighted by molar-refractivity contribution is 5.62. The van der Waals surface area contributed by atoms with E-state index in [-0.39, 0.29) is 5.95 Å². The Balaban J connectivity index is 1.73. The van der Waals surface area contributed by atoms with Crippen molar-refractivity contribution in [3.8, 4) is 28.7 Å². The number of aromatic amines is 1. The zero-order chi connectivity index (χ0) is 15.4. The maximum Gasteiger partial charge on any atom is 0.239 e. The van der Waals surface area contributed by atoms with E-state index in [4.69, 9.17) is 19.6 Å². The van der Waals surface area contributed by atoms with Crippen molar-refractivity contribution in [2.24, 2.45) is 0 Å². The summed E-state index contributed by atoms with van der Waals surface area (Å²) in [5.41, 5.74) is 6.42. The summed E-state index contributed by atoms with van der Waals surface area (Å²) in [5.74, 6) is 2.79.